The lowest BCUT2D eigenvalue weighted by molar-refractivity contribution is 0.318. The summed E-state index contributed by atoms with van der Waals surface area (Å²) in [6.07, 6.45) is 6.41. The zero-order valence-corrected chi connectivity index (χ0v) is 11.8. The molecule has 2 aliphatic rings. The standard InChI is InChI=1S/C16H24N2O/c1-2-11-19-15-9-6-8-14-16(15)17-12-13-7-4-3-5-10-18(13)14/h6,8-9,13,17H,2-5,7,10-12H2,1H3. The normalized spacial score (nSPS) is 21.9. The topological polar surface area (TPSA) is 24.5 Å². The number of benzene rings is 1. The minimum atomic E-state index is 0.663. The van der Waals surface area contributed by atoms with E-state index in [2.05, 4.69) is 35.3 Å². The van der Waals surface area contributed by atoms with Gasteiger partial charge in [0.1, 0.15) is 11.4 Å². The Morgan fingerprint density at radius 2 is 2.26 bits per heavy atom. The van der Waals surface area contributed by atoms with Crippen LogP contribution in [-0.2, 0) is 0 Å². The van der Waals surface area contributed by atoms with Crippen LogP contribution in [0.15, 0.2) is 18.2 Å². The molecule has 0 amide bonds. The van der Waals surface area contributed by atoms with Gasteiger partial charge in [0.05, 0.1) is 12.3 Å². The largest absolute Gasteiger partial charge is 0.491 e. The highest BCUT2D eigenvalue weighted by atomic mass is 16.5. The number of nitrogens with zero attached hydrogens (tertiary/aromatic N) is 1. The van der Waals surface area contributed by atoms with Crippen molar-refractivity contribution in [3.8, 4) is 5.75 Å². The van der Waals surface area contributed by atoms with Crippen molar-refractivity contribution in [1.82, 2.24) is 0 Å². The minimum absolute atomic E-state index is 0.663. The number of anilines is 2. The number of fused-ring (bicyclic) bond motifs is 3. The van der Waals surface area contributed by atoms with E-state index in [0.717, 1.165) is 25.3 Å². The van der Waals surface area contributed by atoms with Crippen LogP contribution in [0.2, 0.25) is 0 Å². The van der Waals surface area contributed by atoms with E-state index in [1.165, 1.54) is 43.6 Å². The Balaban J connectivity index is 1.89. The Bertz CT molecular complexity index is 433. The zero-order valence-electron chi connectivity index (χ0n) is 11.8. The third kappa shape index (κ3) is 2.51. The summed E-state index contributed by atoms with van der Waals surface area (Å²) in [7, 11) is 0. The second kappa shape index (κ2) is 5.72. The molecule has 1 atom stereocenters. The molecule has 19 heavy (non-hydrogen) atoms. The molecule has 0 radical (unpaired) electrons. The van der Waals surface area contributed by atoms with Gasteiger partial charge in [0.25, 0.3) is 0 Å². The van der Waals surface area contributed by atoms with Crippen molar-refractivity contribution < 1.29 is 4.74 Å². The summed E-state index contributed by atoms with van der Waals surface area (Å²) in [4.78, 5) is 2.59. The Morgan fingerprint density at radius 3 is 3.16 bits per heavy atom. The number of para-hydroxylation sites is 1. The first-order valence-corrected chi connectivity index (χ1v) is 7.66. The Kier molecular flexibility index (Phi) is 3.81. The smallest absolute Gasteiger partial charge is 0.144 e. The molecule has 1 saturated heterocycles. The highest BCUT2D eigenvalue weighted by Crippen LogP contribution is 2.40. The second-order valence-electron chi connectivity index (χ2n) is 5.58. The summed E-state index contributed by atoms with van der Waals surface area (Å²) in [5.41, 5.74) is 2.54. The predicted molar refractivity (Wildman–Crippen MR) is 80.3 cm³/mol. The van der Waals surface area contributed by atoms with Gasteiger partial charge in [-0.05, 0) is 31.4 Å². The molecule has 1 unspecified atom stereocenters. The predicted octanol–water partition coefficient (Wildman–Crippen LogP) is 3.65. The van der Waals surface area contributed by atoms with Crippen molar-refractivity contribution >= 4 is 11.4 Å². The van der Waals surface area contributed by atoms with Crippen molar-refractivity contribution in [3.05, 3.63) is 18.2 Å². The average Bonchev–Trinajstić information content (AvgIpc) is 2.70. The van der Waals surface area contributed by atoms with Crippen molar-refractivity contribution in [2.45, 2.75) is 45.1 Å². The van der Waals surface area contributed by atoms with Gasteiger partial charge in [0, 0.05) is 19.1 Å². The maximum Gasteiger partial charge on any atom is 0.144 e. The Morgan fingerprint density at radius 1 is 1.32 bits per heavy atom. The Labute approximate surface area is 115 Å². The fourth-order valence-corrected chi connectivity index (χ4v) is 3.20. The van der Waals surface area contributed by atoms with Crippen LogP contribution in [0.5, 0.6) is 5.75 Å². The molecular weight excluding hydrogens is 236 g/mol. The molecule has 2 aliphatic heterocycles. The van der Waals surface area contributed by atoms with E-state index in [1.807, 2.05) is 0 Å². The molecule has 1 aromatic carbocycles. The van der Waals surface area contributed by atoms with Gasteiger partial charge >= 0.3 is 0 Å². The van der Waals surface area contributed by atoms with E-state index in [4.69, 9.17) is 4.74 Å². The number of hydrogen-bond donors (Lipinski definition) is 1. The van der Waals surface area contributed by atoms with Crippen LogP contribution >= 0.6 is 0 Å². The third-order valence-electron chi connectivity index (χ3n) is 4.17. The second-order valence-corrected chi connectivity index (χ2v) is 5.58. The molecule has 0 aromatic heterocycles. The molecule has 3 heteroatoms. The van der Waals surface area contributed by atoms with Gasteiger partial charge in [0.15, 0.2) is 0 Å². The van der Waals surface area contributed by atoms with E-state index in [1.54, 1.807) is 0 Å². The monoisotopic (exact) mass is 260 g/mol. The van der Waals surface area contributed by atoms with Crippen LogP contribution in [0.25, 0.3) is 0 Å². The summed E-state index contributed by atoms with van der Waals surface area (Å²) in [6, 6.07) is 7.10. The molecule has 2 heterocycles. The highest BCUT2D eigenvalue weighted by molar-refractivity contribution is 5.78. The van der Waals surface area contributed by atoms with Gasteiger partial charge in [-0.3, -0.25) is 0 Å². The fraction of sp³-hybridized carbons (Fsp3) is 0.625. The lowest BCUT2D eigenvalue weighted by Gasteiger charge is -2.39. The van der Waals surface area contributed by atoms with E-state index in [-0.39, 0.29) is 0 Å². The van der Waals surface area contributed by atoms with E-state index >= 15 is 0 Å². The molecule has 0 bridgehead atoms. The third-order valence-corrected chi connectivity index (χ3v) is 4.17. The molecule has 3 rings (SSSR count). The van der Waals surface area contributed by atoms with Crippen LogP contribution in [0.4, 0.5) is 11.4 Å². The lowest BCUT2D eigenvalue weighted by Crippen LogP contribution is -2.43. The van der Waals surface area contributed by atoms with Crippen LogP contribution in [-0.4, -0.2) is 25.7 Å². The number of nitrogens with one attached hydrogen (secondary N) is 1. The number of rotatable bonds is 3. The summed E-state index contributed by atoms with van der Waals surface area (Å²) in [6.45, 7) is 5.19. The SMILES string of the molecule is CCCOc1cccc2c1NCC1CCCCCN21. The Hall–Kier alpha value is -1.38. The molecule has 0 spiro atoms. The van der Waals surface area contributed by atoms with Crippen molar-refractivity contribution in [3.63, 3.8) is 0 Å². The van der Waals surface area contributed by atoms with Crippen LogP contribution in [0.3, 0.4) is 0 Å². The summed E-state index contributed by atoms with van der Waals surface area (Å²) >= 11 is 0. The van der Waals surface area contributed by atoms with E-state index in [9.17, 15) is 0 Å². The molecule has 3 nitrogen and oxygen atoms in total. The zero-order chi connectivity index (χ0) is 13.1. The van der Waals surface area contributed by atoms with Gasteiger partial charge < -0.3 is 15.0 Å². The number of ether oxygens (including phenoxy) is 1. The van der Waals surface area contributed by atoms with Crippen molar-refractivity contribution in [1.29, 1.82) is 0 Å². The molecule has 0 aliphatic carbocycles. The first-order valence-electron chi connectivity index (χ1n) is 7.66. The first-order chi connectivity index (χ1) is 9.40. The molecule has 1 N–H and O–H groups in total. The highest BCUT2D eigenvalue weighted by Gasteiger charge is 2.28. The van der Waals surface area contributed by atoms with Crippen LogP contribution in [0.1, 0.15) is 39.0 Å². The fourth-order valence-electron chi connectivity index (χ4n) is 3.20. The molecule has 0 saturated carbocycles. The average molecular weight is 260 g/mol. The van der Waals surface area contributed by atoms with Crippen LogP contribution < -0.4 is 15.0 Å². The summed E-state index contributed by atoms with van der Waals surface area (Å²) in [5, 5.41) is 3.60. The molecule has 1 fully saturated rings. The van der Waals surface area contributed by atoms with E-state index in [0.29, 0.717) is 6.04 Å². The van der Waals surface area contributed by atoms with Gasteiger partial charge in [-0.2, -0.15) is 0 Å². The maximum atomic E-state index is 5.88. The van der Waals surface area contributed by atoms with Crippen molar-refractivity contribution in [2.75, 3.05) is 29.9 Å². The molecule has 1 aromatic rings. The van der Waals surface area contributed by atoms with Gasteiger partial charge in [-0.25, -0.2) is 0 Å². The molecule has 104 valence electrons. The van der Waals surface area contributed by atoms with Gasteiger partial charge in [-0.1, -0.05) is 25.8 Å². The summed E-state index contributed by atoms with van der Waals surface area (Å²) in [5.74, 6) is 1.02. The minimum Gasteiger partial charge on any atom is -0.491 e. The number of hydrogen-bond acceptors (Lipinski definition) is 3. The van der Waals surface area contributed by atoms with E-state index < -0.39 is 0 Å². The maximum absolute atomic E-state index is 5.88. The van der Waals surface area contributed by atoms with Gasteiger partial charge in [0.2, 0.25) is 0 Å². The first kappa shape index (κ1) is 12.6. The summed E-state index contributed by atoms with van der Waals surface area (Å²) < 4.78 is 5.88. The quantitative estimate of drug-likeness (QED) is 0.897. The van der Waals surface area contributed by atoms with Crippen molar-refractivity contribution in [2.24, 2.45) is 0 Å². The van der Waals surface area contributed by atoms with Gasteiger partial charge in [-0.15, -0.1) is 0 Å². The van der Waals surface area contributed by atoms with Crippen LogP contribution in [0, 0.1) is 0 Å². The lowest BCUT2D eigenvalue weighted by atomic mass is 10.1. The molecular formula is C16H24N2O.